The molecule has 3 heteroatoms. The van der Waals surface area contributed by atoms with E-state index in [0.717, 1.165) is 26.8 Å². The average Bonchev–Trinajstić information content (AvgIpc) is 3.76. The van der Waals surface area contributed by atoms with Crippen LogP contribution in [0.2, 0.25) is 0 Å². The van der Waals surface area contributed by atoms with Gasteiger partial charge in [0.1, 0.15) is 0 Å². The molecule has 3 heterocycles. The van der Waals surface area contributed by atoms with Crippen LogP contribution in [0, 0.1) is 0 Å². The molecule has 45 heavy (non-hydrogen) atoms. The first-order valence-corrected chi connectivity index (χ1v) is 16.1. The summed E-state index contributed by atoms with van der Waals surface area (Å²) in [7, 11) is 0. The molecule has 0 spiro atoms. The molecule has 0 radical (unpaired) electrons. The van der Waals surface area contributed by atoms with Gasteiger partial charge in [-0.2, -0.15) is 0 Å². The van der Waals surface area contributed by atoms with E-state index in [1.54, 1.807) is 11.3 Å². The van der Waals surface area contributed by atoms with E-state index < -0.39 is 0 Å². The Labute approximate surface area is 265 Å². The fourth-order valence-corrected chi connectivity index (χ4v) is 8.26. The predicted molar refractivity (Wildman–Crippen MR) is 193 cm³/mol. The normalized spacial score (nSPS) is 12.3. The molecular formula is C42H26N2S. The van der Waals surface area contributed by atoms with Crippen LogP contribution in [0.25, 0.3) is 86.3 Å². The van der Waals surface area contributed by atoms with E-state index in [4.69, 9.17) is 1.37 Å². The fourth-order valence-electron chi connectivity index (χ4n) is 7.21. The molecule has 2 nitrogen and oxygen atoms in total. The number of thiophene rings is 1. The first-order chi connectivity index (χ1) is 22.7. The van der Waals surface area contributed by atoms with Crippen LogP contribution >= 0.6 is 11.3 Å². The lowest BCUT2D eigenvalue weighted by molar-refractivity contribution is 1.18. The summed E-state index contributed by atoms with van der Waals surface area (Å²) in [6, 6.07) is 55.0. The predicted octanol–water partition coefficient (Wildman–Crippen LogP) is 11.9. The number of benzene rings is 7. The monoisotopic (exact) mass is 591 g/mol. The Bertz CT molecular complexity index is 2820. The van der Waals surface area contributed by atoms with Crippen LogP contribution in [0.3, 0.4) is 0 Å². The zero-order valence-electron chi connectivity index (χ0n) is 25.2. The van der Waals surface area contributed by atoms with Crippen LogP contribution in [-0.4, -0.2) is 9.13 Å². The Hall–Kier alpha value is -5.64. The van der Waals surface area contributed by atoms with Crippen LogP contribution < -0.4 is 0 Å². The second-order valence-corrected chi connectivity index (χ2v) is 12.8. The number of nitrogens with zero attached hydrogens (tertiary/aromatic N) is 2. The smallest absolute Gasteiger partial charge is 0.0639 e. The van der Waals surface area contributed by atoms with Crippen LogP contribution in [0.4, 0.5) is 0 Å². The molecule has 3 aromatic heterocycles. The minimum absolute atomic E-state index is 0.569. The lowest BCUT2D eigenvalue weighted by Crippen LogP contribution is -1.93. The van der Waals surface area contributed by atoms with Gasteiger partial charge in [0.05, 0.1) is 23.4 Å². The van der Waals surface area contributed by atoms with Gasteiger partial charge in [0, 0.05) is 53.1 Å². The Morgan fingerprint density at radius 3 is 1.58 bits per heavy atom. The molecule has 0 bridgehead atoms. The Kier molecular flexibility index (Phi) is 4.98. The first kappa shape index (κ1) is 23.8. The van der Waals surface area contributed by atoms with Gasteiger partial charge in [-0.15, -0.1) is 11.3 Å². The number of hydrogen-bond acceptors (Lipinski definition) is 1. The summed E-state index contributed by atoms with van der Waals surface area (Å²) < 4.78 is 15.9. The first-order valence-electron chi connectivity index (χ1n) is 15.8. The molecule has 0 saturated heterocycles. The highest BCUT2D eigenvalue weighted by Crippen LogP contribution is 2.40. The van der Waals surface area contributed by atoms with Crippen molar-refractivity contribution < 1.29 is 1.37 Å². The third-order valence-electron chi connectivity index (χ3n) is 9.23. The van der Waals surface area contributed by atoms with Crippen molar-refractivity contribution in [1.29, 1.82) is 0 Å². The van der Waals surface area contributed by atoms with Gasteiger partial charge in [-0.25, -0.2) is 0 Å². The van der Waals surface area contributed by atoms with Crippen molar-refractivity contribution in [3.63, 3.8) is 0 Å². The summed E-state index contributed by atoms with van der Waals surface area (Å²) in [5.41, 5.74) is 9.28. The van der Waals surface area contributed by atoms with Gasteiger partial charge in [0.2, 0.25) is 0 Å². The molecule has 0 N–H and O–H groups in total. The quantitative estimate of drug-likeness (QED) is 0.193. The van der Waals surface area contributed by atoms with E-state index in [1.165, 1.54) is 59.5 Å². The maximum Gasteiger partial charge on any atom is 0.0639 e. The average molecular weight is 592 g/mol. The van der Waals surface area contributed by atoms with Crippen molar-refractivity contribution >= 4 is 75.1 Å². The molecule has 10 rings (SSSR count). The summed E-state index contributed by atoms with van der Waals surface area (Å²) in [4.78, 5) is 0. The maximum absolute atomic E-state index is 8.98. The second kappa shape index (κ2) is 9.43. The van der Waals surface area contributed by atoms with E-state index in [1.807, 2.05) is 6.07 Å². The lowest BCUT2D eigenvalue weighted by Gasteiger charge is -2.10. The molecule has 7 aromatic carbocycles. The van der Waals surface area contributed by atoms with Gasteiger partial charge in [-0.3, -0.25) is 0 Å². The second-order valence-electron chi connectivity index (χ2n) is 11.7. The van der Waals surface area contributed by atoms with Gasteiger partial charge in [-0.05, 0) is 83.9 Å². The molecule has 0 saturated carbocycles. The molecule has 0 aliphatic rings. The summed E-state index contributed by atoms with van der Waals surface area (Å²) in [6.45, 7) is 0. The Morgan fingerprint density at radius 1 is 0.378 bits per heavy atom. The van der Waals surface area contributed by atoms with Crippen molar-refractivity contribution in [3.05, 3.63) is 158 Å². The topological polar surface area (TPSA) is 9.86 Å². The van der Waals surface area contributed by atoms with E-state index in [0.29, 0.717) is 6.04 Å². The zero-order valence-corrected chi connectivity index (χ0v) is 25.1. The third kappa shape index (κ3) is 3.62. The Balaban J connectivity index is 1.19. The third-order valence-corrected chi connectivity index (χ3v) is 10.3. The molecule has 0 unspecified atom stereocenters. The van der Waals surface area contributed by atoms with Gasteiger partial charge >= 0.3 is 0 Å². The molecular weight excluding hydrogens is 565 g/mol. The minimum Gasteiger partial charge on any atom is -0.309 e. The standard InChI is InChI=1S/C42H26N2S/c1-2-10-29(11-3-1)43-37-15-7-4-12-31(37)34-24-27(18-21-39(34)43)28-19-22-40-35(25-28)32-13-5-8-16-38(32)44(40)30-20-23-42-36(26-30)33-14-6-9-17-41(33)45-42/h1-26H/i23D. The van der Waals surface area contributed by atoms with Crippen molar-refractivity contribution in [2.45, 2.75) is 0 Å². The molecule has 0 aliphatic carbocycles. The van der Waals surface area contributed by atoms with Crippen LogP contribution in [0.15, 0.2) is 158 Å². The van der Waals surface area contributed by atoms with Crippen LogP contribution in [-0.2, 0) is 0 Å². The number of aromatic nitrogens is 2. The highest BCUT2D eigenvalue weighted by molar-refractivity contribution is 7.25. The van der Waals surface area contributed by atoms with Crippen LogP contribution in [0.5, 0.6) is 0 Å². The summed E-state index contributed by atoms with van der Waals surface area (Å²) >= 11 is 1.70. The maximum atomic E-state index is 8.98. The summed E-state index contributed by atoms with van der Waals surface area (Å²) in [5, 5.41) is 7.28. The molecule has 210 valence electrons. The number of para-hydroxylation sites is 3. The zero-order chi connectivity index (χ0) is 30.4. The van der Waals surface area contributed by atoms with E-state index in [-0.39, 0.29) is 0 Å². The van der Waals surface area contributed by atoms with Gasteiger partial charge in [0.15, 0.2) is 0 Å². The van der Waals surface area contributed by atoms with Gasteiger partial charge in [0.25, 0.3) is 0 Å². The molecule has 0 aliphatic heterocycles. The van der Waals surface area contributed by atoms with E-state index >= 15 is 0 Å². The number of rotatable bonds is 3. The van der Waals surface area contributed by atoms with Gasteiger partial charge in [-0.1, -0.05) is 84.9 Å². The molecule has 0 atom stereocenters. The van der Waals surface area contributed by atoms with Crippen molar-refractivity contribution in [2.24, 2.45) is 0 Å². The van der Waals surface area contributed by atoms with Crippen molar-refractivity contribution in [1.82, 2.24) is 9.13 Å². The van der Waals surface area contributed by atoms with Crippen molar-refractivity contribution in [2.75, 3.05) is 0 Å². The fraction of sp³-hybridized carbons (Fsp3) is 0. The summed E-state index contributed by atoms with van der Waals surface area (Å²) in [6.07, 6.45) is 0. The number of fused-ring (bicyclic) bond motifs is 9. The highest BCUT2D eigenvalue weighted by atomic mass is 32.1. The molecule has 10 aromatic rings. The molecule has 0 amide bonds. The van der Waals surface area contributed by atoms with Crippen molar-refractivity contribution in [3.8, 4) is 22.5 Å². The molecule has 0 fully saturated rings. The van der Waals surface area contributed by atoms with E-state index in [9.17, 15) is 0 Å². The van der Waals surface area contributed by atoms with Gasteiger partial charge < -0.3 is 9.13 Å². The number of hydrogen-bond donors (Lipinski definition) is 0. The largest absolute Gasteiger partial charge is 0.309 e. The SMILES string of the molecule is [2H]c1cc(-n2c3ccccc3c3cc(-c4ccc5c(c4)c4ccccc4n5-c4ccccc4)ccc32)cc2c1sc1ccccc12. The Morgan fingerprint density at radius 2 is 0.911 bits per heavy atom. The summed E-state index contributed by atoms with van der Waals surface area (Å²) in [5.74, 6) is 0. The van der Waals surface area contributed by atoms with E-state index in [2.05, 4.69) is 155 Å². The highest BCUT2D eigenvalue weighted by Gasteiger charge is 2.16. The van der Waals surface area contributed by atoms with Crippen LogP contribution in [0.1, 0.15) is 1.37 Å². The minimum atomic E-state index is 0.569. The lowest BCUT2D eigenvalue weighted by atomic mass is 10.0.